The summed E-state index contributed by atoms with van der Waals surface area (Å²) in [6, 6.07) is 9.19. The molecular formula is C19H16FN3O4. The number of aromatic nitrogens is 2. The van der Waals surface area contributed by atoms with Crippen LogP contribution in [0.15, 0.2) is 47.2 Å². The van der Waals surface area contributed by atoms with Crippen LogP contribution in [-0.2, 0) is 16.8 Å². The Balaban J connectivity index is 1.83. The van der Waals surface area contributed by atoms with Gasteiger partial charge in [0.2, 0.25) is 12.0 Å². The number of ether oxygens (including phenoxy) is 2. The van der Waals surface area contributed by atoms with Crippen LogP contribution in [0.25, 0.3) is 11.5 Å². The van der Waals surface area contributed by atoms with Crippen molar-refractivity contribution in [2.24, 2.45) is 0 Å². The van der Waals surface area contributed by atoms with Gasteiger partial charge in [-0.15, -0.1) is 10.2 Å². The van der Waals surface area contributed by atoms with Crippen LogP contribution in [0.2, 0.25) is 0 Å². The van der Waals surface area contributed by atoms with Crippen LogP contribution in [0, 0.1) is 5.82 Å². The van der Waals surface area contributed by atoms with Gasteiger partial charge in [0.05, 0.1) is 12.7 Å². The maximum atomic E-state index is 13.4. The van der Waals surface area contributed by atoms with E-state index in [9.17, 15) is 9.18 Å². The fourth-order valence-electron chi connectivity index (χ4n) is 3.29. The minimum absolute atomic E-state index is 0.272. The van der Waals surface area contributed by atoms with Crippen molar-refractivity contribution in [1.29, 1.82) is 0 Å². The Hall–Kier alpha value is -3.42. The van der Waals surface area contributed by atoms with Gasteiger partial charge < -0.3 is 19.2 Å². The second-order valence-electron chi connectivity index (χ2n) is 6.10. The van der Waals surface area contributed by atoms with E-state index in [1.54, 1.807) is 24.3 Å². The first kappa shape index (κ1) is 17.0. The highest BCUT2D eigenvalue weighted by Gasteiger charge is 2.48. The number of carbonyl (C=O) groups excluding carboxylic acids is 1. The van der Waals surface area contributed by atoms with E-state index in [1.165, 1.54) is 32.7 Å². The van der Waals surface area contributed by atoms with Crippen LogP contribution in [-0.4, -0.2) is 30.3 Å². The molecule has 0 saturated heterocycles. The molecule has 1 unspecified atom stereocenters. The predicted octanol–water partition coefficient (Wildman–Crippen LogP) is 2.46. The maximum Gasteiger partial charge on any atom is 0.269 e. The molecule has 0 bridgehead atoms. The van der Waals surface area contributed by atoms with Gasteiger partial charge >= 0.3 is 0 Å². The van der Waals surface area contributed by atoms with Gasteiger partial charge in [0, 0.05) is 24.6 Å². The van der Waals surface area contributed by atoms with Crippen LogP contribution in [0.4, 0.5) is 4.39 Å². The van der Waals surface area contributed by atoms with E-state index in [2.05, 4.69) is 15.5 Å². The van der Waals surface area contributed by atoms with Gasteiger partial charge in [-0.05, 0) is 24.3 Å². The highest BCUT2D eigenvalue weighted by atomic mass is 19.1. The van der Waals surface area contributed by atoms with Crippen molar-refractivity contribution in [3.63, 3.8) is 0 Å². The van der Waals surface area contributed by atoms with Gasteiger partial charge in [0.25, 0.3) is 11.8 Å². The number of rotatable bonds is 4. The van der Waals surface area contributed by atoms with Crippen molar-refractivity contribution in [3.8, 4) is 23.0 Å². The third-order valence-electron chi connectivity index (χ3n) is 4.60. The minimum Gasteiger partial charge on any atom is -0.496 e. The van der Waals surface area contributed by atoms with E-state index in [0.717, 1.165) is 5.56 Å². The molecule has 2 aromatic carbocycles. The Bertz CT molecular complexity index is 989. The molecule has 1 aromatic heterocycles. The highest BCUT2D eigenvalue weighted by Crippen LogP contribution is 2.46. The topological polar surface area (TPSA) is 86.5 Å². The molecule has 27 heavy (non-hydrogen) atoms. The SMILES string of the molecule is CNC(=O)C1(c2ccc(F)cc2)Cc2cc(OC)c(-c3nnco3)cc2O1. The number of hydrogen-bond donors (Lipinski definition) is 1. The average molecular weight is 369 g/mol. The van der Waals surface area contributed by atoms with Crippen LogP contribution < -0.4 is 14.8 Å². The monoisotopic (exact) mass is 369 g/mol. The maximum absolute atomic E-state index is 13.4. The van der Waals surface area contributed by atoms with E-state index in [0.29, 0.717) is 22.6 Å². The molecule has 1 aliphatic heterocycles. The van der Waals surface area contributed by atoms with E-state index in [-0.39, 0.29) is 24.0 Å². The van der Waals surface area contributed by atoms with Crippen molar-refractivity contribution in [2.75, 3.05) is 14.2 Å². The smallest absolute Gasteiger partial charge is 0.269 e. The number of hydrogen-bond acceptors (Lipinski definition) is 6. The zero-order valence-electron chi connectivity index (χ0n) is 14.7. The lowest BCUT2D eigenvalue weighted by atomic mass is 9.88. The normalized spacial score (nSPS) is 17.9. The minimum atomic E-state index is -1.30. The molecule has 0 radical (unpaired) electrons. The lowest BCUT2D eigenvalue weighted by molar-refractivity contribution is -0.135. The zero-order valence-corrected chi connectivity index (χ0v) is 14.7. The Kier molecular flexibility index (Phi) is 4.02. The number of fused-ring (bicyclic) bond motifs is 1. The summed E-state index contributed by atoms with van der Waals surface area (Å²) in [6.07, 6.45) is 1.49. The fourth-order valence-corrected chi connectivity index (χ4v) is 3.29. The molecule has 3 aromatic rings. The van der Waals surface area contributed by atoms with E-state index in [4.69, 9.17) is 13.9 Å². The summed E-state index contributed by atoms with van der Waals surface area (Å²) in [5, 5.41) is 10.2. The molecule has 1 N–H and O–H groups in total. The Morgan fingerprint density at radius 1 is 1.30 bits per heavy atom. The van der Waals surface area contributed by atoms with Gasteiger partial charge in [-0.3, -0.25) is 4.79 Å². The van der Waals surface area contributed by atoms with Gasteiger partial charge in [-0.2, -0.15) is 0 Å². The van der Waals surface area contributed by atoms with E-state index < -0.39 is 5.60 Å². The molecule has 0 fully saturated rings. The molecule has 4 rings (SSSR count). The Labute approximate surface area is 154 Å². The summed E-state index contributed by atoms with van der Waals surface area (Å²) >= 11 is 0. The summed E-state index contributed by atoms with van der Waals surface area (Å²) < 4.78 is 30.2. The summed E-state index contributed by atoms with van der Waals surface area (Å²) in [4.78, 5) is 12.8. The molecule has 0 saturated carbocycles. The van der Waals surface area contributed by atoms with Crippen molar-refractivity contribution >= 4 is 5.91 Å². The zero-order chi connectivity index (χ0) is 19.0. The van der Waals surface area contributed by atoms with Crippen molar-refractivity contribution in [3.05, 3.63) is 59.7 Å². The number of benzene rings is 2. The summed E-state index contributed by atoms with van der Waals surface area (Å²) in [7, 11) is 3.06. The van der Waals surface area contributed by atoms with Gasteiger partial charge in [-0.1, -0.05) is 12.1 Å². The Morgan fingerprint density at radius 3 is 2.70 bits per heavy atom. The molecule has 1 atom stereocenters. The number of nitrogens with zero attached hydrogens (tertiary/aromatic N) is 2. The first-order valence-corrected chi connectivity index (χ1v) is 8.22. The second kappa shape index (κ2) is 6.39. The molecule has 138 valence electrons. The average Bonchev–Trinajstić information content (AvgIpc) is 3.34. The molecule has 2 heterocycles. The largest absolute Gasteiger partial charge is 0.496 e. The van der Waals surface area contributed by atoms with Crippen LogP contribution >= 0.6 is 0 Å². The number of halogens is 1. The standard InChI is InChI=1S/C19H16FN3O4/c1-21-18(24)19(12-3-5-13(20)6-4-12)9-11-7-16(25-2)14(8-15(11)27-19)17-23-22-10-26-17/h3-8,10H,9H2,1-2H3,(H,21,24). The van der Waals surface area contributed by atoms with E-state index >= 15 is 0 Å². The fraction of sp³-hybridized carbons (Fsp3) is 0.211. The quantitative estimate of drug-likeness (QED) is 0.760. The van der Waals surface area contributed by atoms with E-state index in [1.807, 2.05) is 0 Å². The molecule has 0 spiro atoms. The lowest BCUT2D eigenvalue weighted by Gasteiger charge is -2.27. The number of likely N-dealkylation sites (N-methyl/N-ethyl adjacent to an activating group) is 1. The predicted molar refractivity (Wildman–Crippen MR) is 92.8 cm³/mol. The first-order valence-electron chi connectivity index (χ1n) is 8.22. The van der Waals surface area contributed by atoms with Gasteiger partial charge in [0.15, 0.2) is 0 Å². The van der Waals surface area contributed by atoms with Crippen molar-refractivity contribution < 1.29 is 23.1 Å². The molecule has 1 aliphatic rings. The number of amides is 1. The molecule has 7 nitrogen and oxygen atoms in total. The van der Waals surface area contributed by atoms with Gasteiger partial charge in [0.1, 0.15) is 17.3 Å². The highest BCUT2D eigenvalue weighted by molar-refractivity contribution is 5.88. The molecule has 8 heteroatoms. The van der Waals surface area contributed by atoms with Crippen LogP contribution in [0.3, 0.4) is 0 Å². The van der Waals surface area contributed by atoms with Crippen LogP contribution in [0.1, 0.15) is 11.1 Å². The summed E-state index contributed by atoms with van der Waals surface area (Å²) in [5.74, 6) is 0.577. The Morgan fingerprint density at radius 2 is 2.07 bits per heavy atom. The van der Waals surface area contributed by atoms with Gasteiger partial charge in [-0.25, -0.2) is 4.39 Å². The molecule has 1 amide bonds. The summed E-state index contributed by atoms with van der Waals surface area (Å²) in [6.45, 7) is 0. The molecular weight excluding hydrogens is 353 g/mol. The van der Waals surface area contributed by atoms with Crippen molar-refractivity contribution in [1.82, 2.24) is 15.5 Å². The second-order valence-corrected chi connectivity index (χ2v) is 6.10. The lowest BCUT2D eigenvalue weighted by Crippen LogP contribution is -2.46. The third kappa shape index (κ3) is 2.69. The molecule has 0 aliphatic carbocycles. The number of carbonyl (C=O) groups is 1. The van der Waals surface area contributed by atoms with Crippen molar-refractivity contribution in [2.45, 2.75) is 12.0 Å². The van der Waals surface area contributed by atoms with Crippen LogP contribution in [0.5, 0.6) is 11.5 Å². The third-order valence-corrected chi connectivity index (χ3v) is 4.60. The summed E-state index contributed by atoms with van der Waals surface area (Å²) in [5.41, 5.74) is 0.588. The number of methoxy groups -OCH3 is 1. The number of nitrogens with one attached hydrogen (secondary N) is 1. The first-order chi connectivity index (χ1) is 13.1.